The summed E-state index contributed by atoms with van der Waals surface area (Å²) in [5.41, 5.74) is 2.35. The number of carbonyl (C=O) groups excluding carboxylic acids is 1. The van der Waals surface area contributed by atoms with Crippen LogP contribution in [-0.2, 0) is 0 Å². The van der Waals surface area contributed by atoms with E-state index in [1.165, 1.54) is 0 Å². The van der Waals surface area contributed by atoms with Crippen molar-refractivity contribution >= 4 is 21.7 Å². The fourth-order valence-corrected chi connectivity index (χ4v) is 2.31. The number of aromatic nitrogens is 2. The second-order valence-electron chi connectivity index (χ2n) is 4.52. The monoisotopic (exact) mass is 306 g/mol. The number of rotatable bonds is 3. The van der Waals surface area contributed by atoms with E-state index >= 15 is 0 Å². The fraction of sp³-hybridized carbons (Fsp3) is 0.286. The molecule has 1 aromatic heterocycles. The molecular weight excluding hydrogens is 292 g/mol. The highest BCUT2D eigenvalue weighted by molar-refractivity contribution is 9.10. The van der Waals surface area contributed by atoms with Crippen LogP contribution in [0.2, 0.25) is 0 Å². The molecule has 3 nitrogen and oxygen atoms in total. The average molecular weight is 307 g/mol. The minimum absolute atomic E-state index is 0.00299. The third-order valence-electron chi connectivity index (χ3n) is 2.83. The van der Waals surface area contributed by atoms with Crippen LogP contribution in [0.5, 0.6) is 0 Å². The van der Waals surface area contributed by atoms with Gasteiger partial charge in [0.25, 0.3) is 0 Å². The number of aryl methyl sites for hydroxylation is 1. The minimum Gasteiger partial charge on any atom is -0.287 e. The Morgan fingerprint density at radius 2 is 2.06 bits per heavy atom. The van der Waals surface area contributed by atoms with Gasteiger partial charge in [-0.15, -0.1) is 0 Å². The molecule has 0 saturated carbocycles. The van der Waals surface area contributed by atoms with Gasteiger partial charge in [0.2, 0.25) is 5.78 Å². The minimum atomic E-state index is -0.00299. The van der Waals surface area contributed by atoms with Gasteiger partial charge in [0, 0.05) is 22.3 Å². The maximum Gasteiger partial charge on any atom is 0.212 e. The zero-order valence-electron chi connectivity index (χ0n) is 10.6. The van der Waals surface area contributed by atoms with Crippen LogP contribution in [0, 0.1) is 6.92 Å². The Balaban J connectivity index is 2.49. The molecule has 0 saturated heterocycles. The Hall–Kier alpha value is -1.42. The molecule has 0 unspecified atom stereocenters. The number of hydrogen-bond acceptors (Lipinski definition) is 2. The van der Waals surface area contributed by atoms with Crippen molar-refractivity contribution in [2.45, 2.75) is 26.8 Å². The zero-order chi connectivity index (χ0) is 13.3. The summed E-state index contributed by atoms with van der Waals surface area (Å²) in [5.74, 6) is -0.00299. The van der Waals surface area contributed by atoms with Gasteiger partial charge < -0.3 is 0 Å². The topological polar surface area (TPSA) is 34.9 Å². The first-order valence-corrected chi connectivity index (χ1v) is 6.65. The highest BCUT2D eigenvalue weighted by Crippen LogP contribution is 2.24. The molecule has 1 heterocycles. The van der Waals surface area contributed by atoms with Crippen molar-refractivity contribution in [1.29, 1.82) is 0 Å². The van der Waals surface area contributed by atoms with E-state index in [2.05, 4.69) is 21.0 Å². The fourth-order valence-electron chi connectivity index (χ4n) is 1.87. The Morgan fingerprint density at radius 3 is 2.72 bits per heavy atom. The second-order valence-corrected chi connectivity index (χ2v) is 5.31. The lowest BCUT2D eigenvalue weighted by Crippen LogP contribution is -2.14. The first-order chi connectivity index (χ1) is 8.52. The molecule has 18 heavy (non-hydrogen) atoms. The van der Waals surface area contributed by atoms with Crippen molar-refractivity contribution in [3.05, 3.63) is 51.8 Å². The van der Waals surface area contributed by atoms with Crippen molar-refractivity contribution in [1.82, 2.24) is 9.78 Å². The van der Waals surface area contributed by atoms with Gasteiger partial charge in [0.1, 0.15) is 5.69 Å². The summed E-state index contributed by atoms with van der Waals surface area (Å²) in [6.07, 6.45) is 1.66. The van der Waals surface area contributed by atoms with Crippen LogP contribution in [0.15, 0.2) is 34.9 Å². The first-order valence-electron chi connectivity index (χ1n) is 5.85. The summed E-state index contributed by atoms with van der Waals surface area (Å²) < 4.78 is 2.60. The molecule has 0 radical (unpaired) electrons. The van der Waals surface area contributed by atoms with Crippen molar-refractivity contribution in [2.75, 3.05) is 0 Å². The van der Waals surface area contributed by atoms with Crippen LogP contribution in [0.1, 0.15) is 41.5 Å². The van der Waals surface area contributed by atoms with Crippen LogP contribution < -0.4 is 0 Å². The maximum absolute atomic E-state index is 12.5. The molecule has 0 aliphatic rings. The lowest BCUT2D eigenvalue weighted by Gasteiger charge is -2.11. The lowest BCUT2D eigenvalue weighted by molar-refractivity contribution is 0.102. The highest BCUT2D eigenvalue weighted by atomic mass is 79.9. The summed E-state index contributed by atoms with van der Waals surface area (Å²) in [4.78, 5) is 12.5. The van der Waals surface area contributed by atoms with Gasteiger partial charge in [-0.05, 0) is 54.4 Å². The molecule has 2 rings (SSSR count). The van der Waals surface area contributed by atoms with Gasteiger partial charge in [-0.2, -0.15) is 5.10 Å². The van der Waals surface area contributed by atoms with Crippen LogP contribution in [0.25, 0.3) is 0 Å². The van der Waals surface area contributed by atoms with Gasteiger partial charge >= 0.3 is 0 Å². The summed E-state index contributed by atoms with van der Waals surface area (Å²) in [7, 11) is 0. The Morgan fingerprint density at radius 1 is 1.33 bits per heavy atom. The third-order valence-corrected chi connectivity index (χ3v) is 3.88. The van der Waals surface area contributed by atoms with E-state index in [0.29, 0.717) is 11.3 Å². The van der Waals surface area contributed by atoms with Gasteiger partial charge in [-0.1, -0.05) is 12.1 Å². The number of benzene rings is 1. The van der Waals surface area contributed by atoms with E-state index in [0.717, 1.165) is 10.0 Å². The first kappa shape index (κ1) is 13.0. The summed E-state index contributed by atoms with van der Waals surface area (Å²) in [6, 6.07) is 7.63. The second kappa shape index (κ2) is 5.06. The molecule has 0 fully saturated rings. The number of carbonyl (C=O) groups is 1. The SMILES string of the molecule is Cc1cccc(C(=O)c2ccnn2C(C)C)c1Br. The predicted octanol–water partition coefficient (Wildman–Crippen LogP) is 3.77. The van der Waals surface area contributed by atoms with Crippen molar-refractivity contribution in [2.24, 2.45) is 0 Å². The molecule has 4 heteroatoms. The van der Waals surface area contributed by atoms with Crippen LogP contribution in [-0.4, -0.2) is 15.6 Å². The zero-order valence-corrected chi connectivity index (χ0v) is 12.2. The average Bonchev–Trinajstić information content (AvgIpc) is 2.81. The molecule has 0 spiro atoms. The molecule has 94 valence electrons. The largest absolute Gasteiger partial charge is 0.287 e. The summed E-state index contributed by atoms with van der Waals surface area (Å²) in [5, 5.41) is 4.19. The standard InChI is InChI=1S/C14H15BrN2O/c1-9(2)17-12(7-8-16-17)14(18)11-6-4-5-10(3)13(11)15/h4-9H,1-3H3. The van der Waals surface area contributed by atoms with Crippen molar-refractivity contribution < 1.29 is 4.79 Å². The van der Waals surface area contributed by atoms with E-state index in [-0.39, 0.29) is 11.8 Å². The summed E-state index contributed by atoms with van der Waals surface area (Å²) >= 11 is 3.48. The van der Waals surface area contributed by atoms with Crippen molar-refractivity contribution in [3.63, 3.8) is 0 Å². The van der Waals surface area contributed by atoms with Crippen LogP contribution in [0.4, 0.5) is 0 Å². The number of hydrogen-bond donors (Lipinski definition) is 0. The summed E-state index contributed by atoms with van der Waals surface area (Å²) in [6.45, 7) is 5.99. The molecule has 0 atom stereocenters. The van der Waals surface area contributed by atoms with E-state index in [9.17, 15) is 4.79 Å². The molecule has 0 N–H and O–H groups in total. The Kier molecular flexibility index (Phi) is 3.66. The molecule has 0 aliphatic heterocycles. The van der Waals surface area contributed by atoms with Crippen LogP contribution >= 0.6 is 15.9 Å². The number of halogens is 1. The molecule has 1 aromatic carbocycles. The van der Waals surface area contributed by atoms with E-state index in [1.54, 1.807) is 16.9 Å². The van der Waals surface area contributed by atoms with E-state index < -0.39 is 0 Å². The van der Waals surface area contributed by atoms with E-state index in [4.69, 9.17) is 0 Å². The molecule has 0 amide bonds. The van der Waals surface area contributed by atoms with Gasteiger partial charge in [-0.3, -0.25) is 9.48 Å². The number of nitrogens with zero attached hydrogens (tertiary/aromatic N) is 2. The van der Waals surface area contributed by atoms with Gasteiger partial charge in [0.05, 0.1) is 0 Å². The van der Waals surface area contributed by atoms with Gasteiger partial charge in [-0.25, -0.2) is 0 Å². The normalized spacial score (nSPS) is 10.9. The molecule has 0 aliphatic carbocycles. The van der Waals surface area contributed by atoms with Gasteiger partial charge in [0.15, 0.2) is 0 Å². The molecule has 2 aromatic rings. The van der Waals surface area contributed by atoms with Crippen molar-refractivity contribution in [3.8, 4) is 0 Å². The predicted molar refractivity (Wildman–Crippen MR) is 74.9 cm³/mol. The highest BCUT2D eigenvalue weighted by Gasteiger charge is 2.18. The maximum atomic E-state index is 12.5. The van der Waals surface area contributed by atoms with E-state index in [1.807, 2.05) is 39.0 Å². The smallest absolute Gasteiger partial charge is 0.212 e. The lowest BCUT2D eigenvalue weighted by atomic mass is 10.1. The van der Waals surface area contributed by atoms with Crippen LogP contribution in [0.3, 0.4) is 0 Å². The Labute approximate surface area is 115 Å². The Bertz CT molecular complexity index is 587. The molecule has 0 bridgehead atoms. The quantitative estimate of drug-likeness (QED) is 0.809. The third kappa shape index (κ3) is 2.25. The molecular formula is C14H15BrN2O. The number of ketones is 1.